The standard InChI is InChI=1S/C23H21N3O4S3/c1-16-15-25(23(27)17-5-3-2-4-6-17)12-13-26(16)33(28,29)22-10-9-21(32-22)20-8-7-19(31-20)18-11-14-30-24-18/h2-11,14,16H,12-13,15H2,1H3. The van der Waals surface area contributed by atoms with Crippen LogP contribution in [-0.2, 0) is 10.0 Å². The number of benzene rings is 1. The number of aromatic nitrogens is 1. The number of hydrogen-bond donors (Lipinski definition) is 0. The van der Waals surface area contributed by atoms with Gasteiger partial charge in [0.2, 0.25) is 0 Å². The van der Waals surface area contributed by atoms with Crippen molar-refractivity contribution in [1.29, 1.82) is 0 Å². The van der Waals surface area contributed by atoms with Gasteiger partial charge in [-0.15, -0.1) is 22.7 Å². The molecule has 0 aliphatic carbocycles. The quantitative estimate of drug-likeness (QED) is 0.399. The van der Waals surface area contributed by atoms with E-state index in [1.165, 1.54) is 21.9 Å². The number of amides is 1. The average Bonchev–Trinajstić information content (AvgIpc) is 3.60. The van der Waals surface area contributed by atoms with E-state index in [2.05, 4.69) is 5.16 Å². The molecule has 1 fully saturated rings. The summed E-state index contributed by atoms with van der Waals surface area (Å²) in [6, 6.07) is 18.0. The highest BCUT2D eigenvalue weighted by atomic mass is 32.2. The van der Waals surface area contributed by atoms with Crippen LogP contribution in [0.1, 0.15) is 17.3 Å². The Hall–Kier alpha value is -2.79. The summed E-state index contributed by atoms with van der Waals surface area (Å²) in [4.78, 5) is 17.3. The Labute approximate surface area is 199 Å². The molecule has 5 rings (SSSR count). The molecule has 1 amide bonds. The first kappa shape index (κ1) is 22.0. The van der Waals surface area contributed by atoms with Gasteiger partial charge in [-0.25, -0.2) is 8.42 Å². The smallest absolute Gasteiger partial charge is 0.253 e. The second kappa shape index (κ2) is 8.86. The maximum absolute atomic E-state index is 13.4. The van der Waals surface area contributed by atoms with Crippen LogP contribution in [0.4, 0.5) is 0 Å². The van der Waals surface area contributed by atoms with Crippen molar-refractivity contribution in [2.75, 3.05) is 19.6 Å². The summed E-state index contributed by atoms with van der Waals surface area (Å²) in [5.74, 6) is -0.0708. The van der Waals surface area contributed by atoms with Crippen molar-refractivity contribution in [1.82, 2.24) is 14.4 Å². The van der Waals surface area contributed by atoms with Gasteiger partial charge in [-0.05, 0) is 43.3 Å². The summed E-state index contributed by atoms with van der Waals surface area (Å²) < 4.78 is 33.5. The maximum atomic E-state index is 13.4. The molecule has 7 nitrogen and oxygen atoms in total. The van der Waals surface area contributed by atoms with Gasteiger partial charge in [0.25, 0.3) is 15.9 Å². The van der Waals surface area contributed by atoms with Gasteiger partial charge in [-0.2, -0.15) is 4.31 Å². The van der Waals surface area contributed by atoms with E-state index in [0.29, 0.717) is 22.9 Å². The number of nitrogens with zero attached hydrogens (tertiary/aromatic N) is 3. The van der Waals surface area contributed by atoms with Crippen LogP contribution in [0.25, 0.3) is 20.3 Å². The molecule has 4 heterocycles. The SMILES string of the molecule is CC1CN(C(=O)c2ccccc2)CCN1S(=O)(=O)c1ccc(-c2ccc(-c3ccon3)s2)s1. The first-order valence-electron chi connectivity index (χ1n) is 10.4. The number of rotatable bonds is 5. The van der Waals surface area contributed by atoms with Crippen molar-refractivity contribution in [3.05, 3.63) is 72.5 Å². The summed E-state index contributed by atoms with van der Waals surface area (Å²) in [6.45, 7) is 2.84. The maximum Gasteiger partial charge on any atom is 0.253 e. The summed E-state index contributed by atoms with van der Waals surface area (Å²) in [5, 5.41) is 3.95. The molecule has 1 atom stereocenters. The zero-order chi connectivity index (χ0) is 23.0. The molecule has 0 spiro atoms. The van der Waals surface area contributed by atoms with Crippen LogP contribution < -0.4 is 0 Å². The van der Waals surface area contributed by atoms with Gasteiger partial charge in [-0.1, -0.05) is 23.4 Å². The first-order chi connectivity index (χ1) is 15.9. The molecule has 0 bridgehead atoms. The van der Waals surface area contributed by atoms with Crippen LogP contribution in [-0.4, -0.2) is 54.4 Å². The molecule has 170 valence electrons. The predicted molar refractivity (Wildman–Crippen MR) is 129 cm³/mol. The zero-order valence-electron chi connectivity index (χ0n) is 17.7. The van der Waals surface area contributed by atoms with E-state index in [1.807, 2.05) is 43.3 Å². The molecular formula is C23H21N3O4S3. The van der Waals surface area contributed by atoms with Gasteiger partial charge in [0.05, 0.1) is 4.88 Å². The van der Waals surface area contributed by atoms with Gasteiger partial charge in [0.15, 0.2) is 0 Å². The van der Waals surface area contributed by atoms with Crippen molar-refractivity contribution in [2.45, 2.75) is 17.2 Å². The Bertz CT molecular complexity index is 1360. The molecular weight excluding hydrogens is 478 g/mol. The van der Waals surface area contributed by atoms with E-state index in [0.717, 1.165) is 20.3 Å². The minimum atomic E-state index is -3.66. The van der Waals surface area contributed by atoms with Crippen molar-refractivity contribution in [3.63, 3.8) is 0 Å². The minimum Gasteiger partial charge on any atom is -0.364 e. The highest BCUT2D eigenvalue weighted by molar-refractivity contribution is 7.91. The highest BCUT2D eigenvalue weighted by Crippen LogP contribution is 2.39. The second-order valence-electron chi connectivity index (χ2n) is 7.75. The number of hydrogen-bond acceptors (Lipinski definition) is 7. The number of carbonyl (C=O) groups is 1. The third kappa shape index (κ3) is 4.26. The summed E-state index contributed by atoms with van der Waals surface area (Å²) >= 11 is 2.80. The van der Waals surface area contributed by atoms with Crippen molar-refractivity contribution >= 4 is 38.6 Å². The second-order valence-corrected chi connectivity index (χ2v) is 12.0. The van der Waals surface area contributed by atoms with Gasteiger partial charge >= 0.3 is 0 Å². The molecule has 3 aromatic heterocycles. The molecule has 4 aromatic rings. The summed E-state index contributed by atoms with van der Waals surface area (Å²) in [5.41, 5.74) is 1.37. The number of carbonyl (C=O) groups excluding carboxylic acids is 1. The van der Waals surface area contributed by atoms with E-state index >= 15 is 0 Å². The highest BCUT2D eigenvalue weighted by Gasteiger charge is 2.36. The molecule has 33 heavy (non-hydrogen) atoms. The van der Waals surface area contributed by atoms with E-state index in [4.69, 9.17) is 4.52 Å². The van der Waals surface area contributed by atoms with E-state index in [1.54, 1.807) is 40.5 Å². The molecule has 1 saturated heterocycles. The fourth-order valence-corrected chi connectivity index (χ4v) is 8.01. The third-order valence-electron chi connectivity index (χ3n) is 5.56. The Balaban J connectivity index is 1.31. The molecule has 10 heteroatoms. The average molecular weight is 500 g/mol. The lowest BCUT2D eigenvalue weighted by molar-refractivity contribution is 0.0642. The lowest BCUT2D eigenvalue weighted by Crippen LogP contribution is -2.55. The zero-order valence-corrected chi connectivity index (χ0v) is 20.2. The molecule has 0 radical (unpaired) electrons. The Morgan fingerprint density at radius 2 is 1.70 bits per heavy atom. The van der Waals surface area contributed by atoms with Crippen LogP contribution in [0.3, 0.4) is 0 Å². The van der Waals surface area contributed by atoms with Gasteiger partial charge < -0.3 is 9.42 Å². The molecule has 1 unspecified atom stereocenters. The van der Waals surface area contributed by atoms with Crippen molar-refractivity contribution < 1.29 is 17.7 Å². The van der Waals surface area contributed by atoms with Crippen LogP contribution in [0, 0.1) is 0 Å². The van der Waals surface area contributed by atoms with Crippen molar-refractivity contribution in [2.24, 2.45) is 0 Å². The summed E-state index contributed by atoms with van der Waals surface area (Å²) in [6.07, 6.45) is 1.53. The number of thiophene rings is 2. The Morgan fingerprint density at radius 1 is 0.970 bits per heavy atom. The molecule has 1 aliphatic rings. The lowest BCUT2D eigenvalue weighted by Gasteiger charge is -2.38. The van der Waals surface area contributed by atoms with Crippen LogP contribution in [0.5, 0.6) is 0 Å². The molecule has 1 aromatic carbocycles. The third-order valence-corrected chi connectivity index (χ3v) is 10.4. The monoisotopic (exact) mass is 499 g/mol. The Kier molecular flexibility index (Phi) is 5.92. The van der Waals surface area contributed by atoms with Crippen LogP contribution in [0.15, 0.2) is 75.7 Å². The molecule has 0 saturated carbocycles. The lowest BCUT2D eigenvalue weighted by atomic mass is 10.1. The Morgan fingerprint density at radius 3 is 2.42 bits per heavy atom. The topological polar surface area (TPSA) is 83.7 Å². The predicted octanol–water partition coefficient (Wildman–Crippen LogP) is 4.67. The van der Waals surface area contributed by atoms with E-state index in [9.17, 15) is 13.2 Å². The normalized spacial score (nSPS) is 17.4. The van der Waals surface area contributed by atoms with Gasteiger partial charge in [0.1, 0.15) is 16.2 Å². The van der Waals surface area contributed by atoms with E-state index < -0.39 is 10.0 Å². The molecule has 0 N–H and O–H groups in total. The largest absolute Gasteiger partial charge is 0.364 e. The van der Waals surface area contributed by atoms with Gasteiger partial charge in [0, 0.05) is 47.1 Å². The summed E-state index contributed by atoms with van der Waals surface area (Å²) in [7, 11) is -3.66. The number of piperazine rings is 1. The minimum absolute atomic E-state index is 0.0708. The van der Waals surface area contributed by atoms with Crippen LogP contribution >= 0.6 is 22.7 Å². The molecule has 1 aliphatic heterocycles. The fraction of sp³-hybridized carbons (Fsp3) is 0.217. The fourth-order valence-electron chi connectivity index (χ4n) is 3.90. The van der Waals surface area contributed by atoms with Crippen molar-refractivity contribution in [3.8, 4) is 20.3 Å². The first-order valence-corrected chi connectivity index (χ1v) is 13.5. The van der Waals surface area contributed by atoms with E-state index in [-0.39, 0.29) is 18.5 Å². The number of sulfonamides is 1. The van der Waals surface area contributed by atoms with Gasteiger partial charge in [-0.3, -0.25) is 4.79 Å². The van der Waals surface area contributed by atoms with Crippen LogP contribution in [0.2, 0.25) is 0 Å².